The summed E-state index contributed by atoms with van der Waals surface area (Å²) >= 11 is 0. The Kier molecular flexibility index (Phi) is 8.24. The van der Waals surface area contributed by atoms with Crippen LogP contribution in [0.4, 0.5) is 0 Å². The summed E-state index contributed by atoms with van der Waals surface area (Å²) in [7, 11) is 0. The molecule has 0 unspecified atom stereocenters. The first kappa shape index (κ1) is 42.3. The molecular formula is C76H50. The van der Waals surface area contributed by atoms with Crippen molar-refractivity contribution in [2.24, 2.45) is 0 Å². The largest absolute Gasteiger partial charge is 0.0620 e. The maximum atomic E-state index is 2.59. The highest BCUT2D eigenvalue weighted by Crippen LogP contribution is 2.58. The Balaban J connectivity index is 1.01. The average molecular weight is 963 g/mol. The van der Waals surface area contributed by atoms with Gasteiger partial charge in [0.1, 0.15) is 0 Å². The number of aryl methyl sites for hydroxylation is 6. The van der Waals surface area contributed by atoms with Crippen molar-refractivity contribution < 1.29 is 0 Å². The topological polar surface area (TPSA) is 0 Å². The van der Waals surface area contributed by atoms with Crippen LogP contribution in [0.15, 0.2) is 194 Å². The standard InChI is InChI=1S/C76H50/c1-39-14-7-9-20-46(39)69-64-37-62-50-23-13-22-49-52(67-43(5)18-12-19-44(67)6)27-30-57(68(49)50)63(62)38-65(64)70(47-21-10-8-15-40(47)2)76-60-35-33-56-54-29-31-58-61-36-45(66-41(3)16-11-17-42(66)4)24-25-48(61)51-26-28-53(72(54)71(51)58)55-32-34-59(75(69)76)74(60)73(55)56/h7-38H,1-6H3. The fourth-order valence-corrected chi connectivity index (χ4v) is 15.3. The summed E-state index contributed by atoms with van der Waals surface area (Å²) in [5.74, 6) is 0. The maximum Gasteiger partial charge on any atom is -0.000730 e. The van der Waals surface area contributed by atoms with Crippen molar-refractivity contribution in [3.63, 3.8) is 0 Å². The van der Waals surface area contributed by atoms with Crippen LogP contribution in [-0.2, 0) is 0 Å². The Morgan fingerprint density at radius 1 is 0.171 bits per heavy atom. The molecule has 17 rings (SSSR count). The van der Waals surface area contributed by atoms with Crippen LogP contribution in [0.1, 0.15) is 33.4 Å². The maximum absolute atomic E-state index is 2.59. The van der Waals surface area contributed by atoms with Crippen molar-refractivity contribution in [2.75, 3.05) is 0 Å². The molecule has 0 bridgehead atoms. The number of rotatable bonds is 4. The van der Waals surface area contributed by atoms with Crippen LogP contribution in [0, 0.1) is 41.5 Å². The summed E-state index contributed by atoms with van der Waals surface area (Å²) in [5, 5.41) is 26.7. The average Bonchev–Trinajstić information content (AvgIpc) is 4.27. The van der Waals surface area contributed by atoms with Crippen molar-refractivity contribution in [3.05, 3.63) is 228 Å². The lowest BCUT2D eigenvalue weighted by atomic mass is 9.84. The lowest BCUT2D eigenvalue weighted by Gasteiger charge is -2.19. The van der Waals surface area contributed by atoms with Gasteiger partial charge in [-0.15, -0.1) is 0 Å². The third-order valence-corrected chi connectivity index (χ3v) is 18.5. The Labute approximate surface area is 441 Å². The SMILES string of the molecule is Cc1ccccc1-c1c2cc3c(cc2c(-c2ccccc2C)c2c4ccc5c6ccc7c8c(ccc(c9ccc(c12)c4c95)c86)-c1ccc(-c2c(C)cccc2C)cc1-7)c1ccc(-c2c(C)cccc2C)c2cccc3c21. The first-order chi connectivity index (χ1) is 37.2. The molecular weight excluding hydrogens is 913 g/mol. The molecule has 0 radical (unpaired) electrons. The monoisotopic (exact) mass is 962 g/mol. The van der Waals surface area contributed by atoms with Gasteiger partial charge in [0, 0.05) is 0 Å². The Hall–Kier alpha value is -9.10. The second-order valence-corrected chi connectivity index (χ2v) is 22.4. The van der Waals surface area contributed by atoms with E-state index in [1.807, 2.05) is 0 Å². The molecule has 0 spiro atoms. The van der Waals surface area contributed by atoms with Crippen molar-refractivity contribution in [1.82, 2.24) is 0 Å². The molecule has 0 saturated carbocycles. The molecule has 76 heavy (non-hydrogen) atoms. The minimum Gasteiger partial charge on any atom is -0.0620 e. The molecule has 0 N–H and O–H groups in total. The number of hydrogen-bond acceptors (Lipinski definition) is 0. The predicted octanol–water partition coefficient (Wildman–Crippen LogP) is 21.7. The van der Waals surface area contributed by atoms with Gasteiger partial charge in [-0.2, -0.15) is 0 Å². The second kappa shape index (κ2) is 14.8. The van der Waals surface area contributed by atoms with Crippen LogP contribution in [-0.4, -0.2) is 0 Å². The lowest BCUT2D eigenvalue weighted by molar-refractivity contribution is 1.38. The highest BCUT2D eigenvalue weighted by molar-refractivity contribution is 6.47. The van der Waals surface area contributed by atoms with Crippen LogP contribution in [0.2, 0.25) is 0 Å². The van der Waals surface area contributed by atoms with E-state index in [1.165, 1.54) is 208 Å². The highest BCUT2D eigenvalue weighted by Gasteiger charge is 2.30. The summed E-state index contributed by atoms with van der Waals surface area (Å²) in [6.07, 6.45) is 0. The molecule has 0 amide bonds. The number of hydrogen-bond donors (Lipinski definition) is 0. The van der Waals surface area contributed by atoms with Gasteiger partial charge in [0.2, 0.25) is 0 Å². The summed E-state index contributed by atoms with van der Waals surface area (Å²) in [6, 6.07) is 75.4. The molecule has 0 atom stereocenters. The van der Waals surface area contributed by atoms with Crippen LogP contribution < -0.4 is 0 Å². The Morgan fingerprint density at radius 3 is 1.13 bits per heavy atom. The van der Waals surface area contributed by atoms with E-state index in [9.17, 15) is 0 Å². The van der Waals surface area contributed by atoms with E-state index < -0.39 is 0 Å². The van der Waals surface area contributed by atoms with Gasteiger partial charge in [0.25, 0.3) is 0 Å². The first-order valence-electron chi connectivity index (χ1n) is 27.1. The van der Waals surface area contributed by atoms with E-state index in [0.717, 1.165) is 0 Å². The predicted molar refractivity (Wildman–Crippen MR) is 330 cm³/mol. The van der Waals surface area contributed by atoms with Gasteiger partial charge in [0.15, 0.2) is 0 Å². The van der Waals surface area contributed by atoms with E-state index in [-0.39, 0.29) is 0 Å². The van der Waals surface area contributed by atoms with Crippen LogP contribution in [0.25, 0.3) is 174 Å². The van der Waals surface area contributed by atoms with E-state index >= 15 is 0 Å². The van der Waals surface area contributed by atoms with Crippen LogP contribution in [0.3, 0.4) is 0 Å². The van der Waals surface area contributed by atoms with E-state index in [1.54, 1.807) is 0 Å². The third kappa shape index (κ3) is 5.24. The van der Waals surface area contributed by atoms with Gasteiger partial charge >= 0.3 is 0 Å². The molecule has 1 aliphatic carbocycles. The lowest BCUT2D eigenvalue weighted by Crippen LogP contribution is -1.92. The van der Waals surface area contributed by atoms with Gasteiger partial charge in [-0.25, -0.2) is 0 Å². The molecule has 0 nitrogen and oxygen atoms in total. The molecule has 0 heteroatoms. The van der Waals surface area contributed by atoms with Gasteiger partial charge in [-0.05, 0) is 268 Å². The Morgan fingerprint density at radius 2 is 0.566 bits per heavy atom. The smallest absolute Gasteiger partial charge is 0.000730 e. The summed E-state index contributed by atoms with van der Waals surface area (Å²) < 4.78 is 0. The van der Waals surface area contributed by atoms with E-state index in [0.29, 0.717) is 0 Å². The molecule has 0 aliphatic heterocycles. The van der Waals surface area contributed by atoms with Gasteiger partial charge in [-0.3, -0.25) is 0 Å². The third-order valence-electron chi connectivity index (χ3n) is 18.5. The van der Waals surface area contributed by atoms with Gasteiger partial charge in [0.05, 0.1) is 0 Å². The zero-order chi connectivity index (χ0) is 50.6. The fourth-order valence-electron chi connectivity index (χ4n) is 15.3. The summed E-state index contributed by atoms with van der Waals surface area (Å²) in [4.78, 5) is 0. The molecule has 16 aromatic carbocycles. The minimum absolute atomic E-state index is 1.28. The second-order valence-electron chi connectivity index (χ2n) is 22.4. The van der Waals surface area contributed by atoms with Crippen molar-refractivity contribution >= 4 is 108 Å². The number of fused-ring (bicyclic) bond motifs is 12. The van der Waals surface area contributed by atoms with Gasteiger partial charge in [-0.1, -0.05) is 176 Å². The Bertz CT molecular complexity index is 5060. The van der Waals surface area contributed by atoms with E-state index in [4.69, 9.17) is 0 Å². The first-order valence-corrected chi connectivity index (χ1v) is 27.1. The van der Waals surface area contributed by atoms with Crippen LogP contribution >= 0.6 is 0 Å². The van der Waals surface area contributed by atoms with E-state index in [2.05, 4.69) is 236 Å². The zero-order valence-corrected chi connectivity index (χ0v) is 43.5. The normalized spacial score (nSPS) is 12.6. The van der Waals surface area contributed by atoms with Crippen LogP contribution in [0.5, 0.6) is 0 Å². The van der Waals surface area contributed by atoms with Gasteiger partial charge < -0.3 is 0 Å². The summed E-state index contributed by atoms with van der Waals surface area (Å²) in [5.41, 5.74) is 23.7. The minimum atomic E-state index is 1.28. The van der Waals surface area contributed by atoms with Crippen molar-refractivity contribution in [3.8, 4) is 66.8 Å². The fraction of sp³-hybridized carbons (Fsp3) is 0.0789. The molecule has 1 aliphatic rings. The quantitative estimate of drug-likeness (QED) is 0.122. The molecule has 354 valence electrons. The molecule has 0 fully saturated rings. The highest BCUT2D eigenvalue weighted by atomic mass is 14.3. The molecule has 0 heterocycles. The van der Waals surface area contributed by atoms with Crippen molar-refractivity contribution in [1.29, 1.82) is 0 Å². The molecule has 16 aromatic rings. The molecule has 0 aromatic heterocycles. The molecule has 0 saturated heterocycles. The summed E-state index contributed by atoms with van der Waals surface area (Å²) in [6.45, 7) is 13.6. The van der Waals surface area contributed by atoms with Crippen molar-refractivity contribution in [2.45, 2.75) is 41.5 Å². The number of benzene rings is 14. The zero-order valence-electron chi connectivity index (χ0n) is 43.5.